The normalized spacial score (nSPS) is 13.9. The largest absolute Gasteiger partial charge is 0.543 e. The fourth-order valence-electron chi connectivity index (χ4n) is 0.899. The molecule has 0 radical (unpaired) electrons. The van der Waals surface area contributed by atoms with Crippen molar-refractivity contribution in [1.82, 2.24) is 0 Å². The van der Waals surface area contributed by atoms with Crippen molar-refractivity contribution in [3.8, 4) is 0 Å². The van der Waals surface area contributed by atoms with Crippen LogP contribution in [-0.4, -0.2) is 21.4 Å². The average molecular weight is 256 g/mol. The molecule has 0 aliphatic rings. The standard InChI is InChI=1S/C13H24O3Si/c1-8-9-11(10-12(14)15-5)16-17(6,7)13(2,3)4/h8-10H,1-7H3/b9-8+,11-10-. The first-order valence-corrected chi connectivity index (χ1v) is 8.66. The summed E-state index contributed by atoms with van der Waals surface area (Å²) in [5.74, 6) is 0.183. The first-order valence-electron chi connectivity index (χ1n) is 5.75. The zero-order valence-electron chi connectivity index (χ0n) is 12.0. The van der Waals surface area contributed by atoms with Crippen LogP contribution in [0.15, 0.2) is 24.0 Å². The Morgan fingerprint density at radius 3 is 2.12 bits per heavy atom. The number of methoxy groups -OCH3 is 1. The van der Waals surface area contributed by atoms with Gasteiger partial charge in [0.2, 0.25) is 8.32 Å². The molecule has 3 nitrogen and oxygen atoms in total. The lowest BCUT2D eigenvalue weighted by atomic mass is 10.2. The molecule has 0 unspecified atom stereocenters. The fourth-order valence-corrected chi connectivity index (χ4v) is 1.92. The summed E-state index contributed by atoms with van der Waals surface area (Å²) in [4.78, 5) is 11.2. The van der Waals surface area contributed by atoms with Gasteiger partial charge in [0, 0.05) is 0 Å². The molecular formula is C13H24O3Si. The van der Waals surface area contributed by atoms with Crippen molar-refractivity contribution >= 4 is 14.3 Å². The summed E-state index contributed by atoms with van der Waals surface area (Å²) in [6, 6.07) is 0. The Hall–Kier alpha value is -1.03. The number of allylic oxidation sites excluding steroid dienone is 2. The molecule has 0 aliphatic heterocycles. The van der Waals surface area contributed by atoms with E-state index in [4.69, 9.17) is 4.43 Å². The molecule has 0 aliphatic carbocycles. The van der Waals surface area contributed by atoms with Gasteiger partial charge in [-0.15, -0.1) is 0 Å². The zero-order valence-corrected chi connectivity index (χ0v) is 13.0. The van der Waals surface area contributed by atoms with Crippen LogP contribution in [-0.2, 0) is 14.0 Å². The van der Waals surface area contributed by atoms with Gasteiger partial charge in [-0.1, -0.05) is 26.8 Å². The number of carbonyl (C=O) groups is 1. The van der Waals surface area contributed by atoms with Crippen molar-refractivity contribution in [3.63, 3.8) is 0 Å². The molecule has 0 bridgehead atoms. The van der Waals surface area contributed by atoms with Gasteiger partial charge < -0.3 is 9.16 Å². The number of esters is 1. The molecule has 0 fully saturated rings. The summed E-state index contributed by atoms with van der Waals surface area (Å²) in [6.07, 6.45) is 5.03. The predicted octanol–water partition coefficient (Wildman–Crippen LogP) is 3.64. The van der Waals surface area contributed by atoms with Crippen LogP contribution in [0.1, 0.15) is 27.7 Å². The Balaban J connectivity index is 5.02. The summed E-state index contributed by atoms with van der Waals surface area (Å²) in [5.41, 5.74) is 0. The topological polar surface area (TPSA) is 35.5 Å². The van der Waals surface area contributed by atoms with E-state index >= 15 is 0 Å². The molecule has 17 heavy (non-hydrogen) atoms. The van der Waals surface area contributed by atoms with Crippen LogP contribution in [0.2, 0.25) is 18.1 Å². The highest BCUT2D eigenvalue weighted by molar-refractivity contribution is 6.74. The van der Waals surface area contributed by atoms with Gasteiger partial charge in [0.25, 0.3) is 0 Å². The lowest BCUT2D eigenvalue weighted by Gasteiger charge is -2.36. The van der Waals surface area contributed by atoms with Gasteiger partial charge in [-0.3, -0.25) is 0 Å². The lowest BCUT2D eigenvalue weighted by molar-refractivity contribution is -0.135. The third-order valence-electron chi connectivity index (χ3n) is 2.97. The molecule has 0 heterocycles. The maximum absolute atomic E-state index is 11.2. The smallest absolute Gasteiger partial charge is 0.334 e. The van der Waals surface area contributed by atoms with Crippen molar-refractivity contribution in [1.29, 1.82) is 0 Å². The zero-order chi connectivity index (χ0) is 13.7. The molecule has 0 spiro atoms. The van der Waals surface area contributed by atoms with Crippen LogP contribution in [0.25, 0.3) is 0 Å². The molecule has 0 N–H and O–H groups in total. The minimum Gasteiger partial charge on any atom is -0.543 e. The summed E-state index contributed by atoms with van der Waals surface area (Å²) < 4.78 is 10.6. The van der Waals surface area contributed by atoms with Crippen LogP contribution >= 0.6 is 0 Å². The second-order valence-electron chi connectivity index (χ2n) is 5.43. The van der Waals surface area contributed by atoms with Gasteiger partial charge in [-0.25, -0.2) is 4.79 Å². The van der Waals surface area contributed by atoms with Crippen LogP contribution in [0.3, 0.4) is 0 Å². The minimum absolute atomic E-state index is 0.101. The maximum atomic E-state index is 11.2. The number of carbonyl (C=O) groups excluding carboxylic acids is 1. The van der Waals surface area contributed by atoms with Gasteiger partial charge in [-0.2, -0.15) is 0 Å². The van der Waals surface area contributed by atoms with E-state index in [9.17, 15) is 4.79 Å². The van der Waals surface area contributed by atoms with Crippen LogP contribution < -0.4 is 0 Å². The molecule has 0 amide bonds. The molecule has 0 atom stereocenters. The predicted molar refractivity (Wildman–Crippen MR) is 73.2 cm³/mol. The first-order chi connectivity index (χ1) is 7.64. The summed E-state index contributed by atoms with van der Waals surface area (Å²) in [6.45, 7) is 12.6. The van der Waals surface area contributed by atoms with E-state index < -0.39 is 14.3 Å². The van der Waals surface area contributed by atoms with E-state index in [-0.39, 0.29) is 5.04 Å². The molecule has 0 aromatic rings. The SMILES string of the molecule is C/C=C/C(=C/C(=O)OC)O[Si](C)(C)C(C)(C)C. The van der Waals surface area contributed by atoms with Crippen molar-refractivity contribution < 1.29 is 14.0 Å². The van der Waals surface area contributed by atoms with Gasteiger partial charge in [-0.05, 0) is 31.1 Å². The van der Waals surface area contributed by atoms with E-state index in [2.05, 4.69) is 38.6 Å². The maximum Gasteiger partial charge on any atom is 0.334 e. The highest BCUT2D eigenvalue weighted by Crippen LogP contribution is 2.38. The van der Waals surface area contributed by atoms with Crippen LogP contribution in [0.4, 0.5) is 0 Å². The van der Waals surface area contributed by atoms with E-state index in [1.54, 1.807) is 6.08 Å². The van der Waals surface area contributed by atoms with Gasteiger partial charge >= 0.3 is 5.97 Å². The van der Waals surface area contributed by atoms with Crippen molar-refractivity contribution in [2.75, 3.05) is 7.11 Å². The summed E-state index contributed by atoms with van der Waals surface area (Å²) >= 11 is 0. The van der Waals surface area contributed by atoms with Crippen molar-refractivity contribution in [2.45, 2.75) is 45.8 Å². The Kier molecular flexibility index (Phi) is 5.68. The van der Waals surface area contributed by atoms with Crippen molar-refractivity contribution in [2.24, 2.45) is 0 Å². The Labute approximate surface area is 106 Å². The van der Waals surface area contributed by atoms with Crippen LogP contribution in [0.5, 0.6) is 0 Å². The number of hydrogen-bond donors (Lipinski definition) is 0. The van der Waals surface area contributed by atoms with Gasteiger partial charge in [0.15, 0.2) is 0 Å². The van der Waals surface area contributed by atoms with E-state index in [1.165, 1.54) is 13.2 Å². The van der Waals surface area contributed by atoms with Gasteiger partial charge in [0.05, 0.1) is 13.2 Å². The third-order valence-corrected chi connectivity index (χ3v) is 7.33. The quantitative estimate of drug-likeness (QED) is 0.253. The van der Waals surface area contributed by atoms with E-state index in [0.29, 0.717) is 5.76 Å². The molecule has 0 saturated carbocycles. The molecular weight excluding hydrogens is 232 g/mol. The number of ether oxygens (including phenoxy) is 1. The number of hydrogen-bond acceptors (Lipinski definition) is 3. The van der Waals surface area contributed by atoms with E-state index in [1.807, 2.05) is 13.0 Å². The first kappa shape index (κ1) is 16.0. The molecule has 0 saturated heterocycles. The molecule has 0 aromatic heterocycles. The lowest BCUT2D eigenvalue weighted by Crippen LogP contribution is -2.40. The van der Waals surface area contributed by atoms with Gasteiger partial charge in [0.1, 0.15) is 5.76 Å². The third kappa shape index (κ3) is 5.22. The van der Waals surface area contributed by atoms with Crippen LogP contribution in [0, 0.1) is 0 Å². The Morgan fingerprint density at radius 2 is 1.76 bits per heavy atom. The highest BCUT2D eigenvalue weighted by Gasteiger charge is 2.39. The Bertz CT molecular complexity index is 322. The minimum atomic E-state index is -1.91. The molecule has 98 valence electrons. The molecule has 0 aromatic carbocycles. The van der Waals surface area contributed by atoms with Crippen molar-refractivity contribution in [3.05, 3.63) is 24.0 Å². The second kappa shape index (κ2) is 6.05. The molecule has 4 heteroatoms. The highest BCUT2D eigenvalue weighted by atomic mass is 28.4. The Morgan fingerprint density at radius 1 is 1.24 bits per heavy atom. The van der Waals surface area contributed by atoms with E-state index in [0.717, 1.165) is 0 Å². The summed E-state index contributed by atoms with van der Waals surface area (Å²) in [5, 5.41) is 0.101. The monoisotopic (exact) mass is 256 g/mol. The molecule has 0 rings (SSSR count). The fraction of sp³-hybridized carbons (Fsp3) is 0.615. The number of rotatable bonds is 4. The second-order valence-corrected chi connectivity index (χ2v) is 10.2. The summed E-state index contributed by atoms with van der Waals surface area (Å²) in [7, 11) is -0.553. The average Bonchev–Trinajstić information content (AvgIpc) is 2.15.